The molecule has 1 amide bonds. The number of rotatable bonds is 8. The van der Waals surface area contributed by atoms with Crippen LogP contribution in [-0.4, -0.2) is 61.0 Å². The van der Waals surface area contributed by atoms with Gasteiger partial charge in [0.25, 0.3) is 0 Å². The predicted molar refractivity (Wildman–Crippen MR) is 101 cm³/mol. The lowest BCUT2D eigenvalue weighted by atomic mass is 10.2. The number of hydrogen-bond acceptors (Lipinski definition) is 3. The van der Waals surface area contributed by atoms with Crippen molar-refractivity contribution in [3.8, 4) is 0 Å². The van der Waals surface area contributed by atoms with Crippen LogP contribution in [0.1, 0.15) is 32.3 Å². The zero-order chi connectivity index (χ0) is 17.2. The molecule has 0 spiro atoms. The summed E-state index contributed by atoms with van der Waals surface area (Å²) in [6.07, 6.45) is 6.09. The maximum atomic E-state index is 12.2. The third-order valence-electron chi connectivity index (χ3n) is 4.64. The van der Waals surface area contributed by atoms with Gasteiger partial charge in [-0.15, -0.1) is 0 Å². The van der Waals surface area contributed by atoms with E-state index in [0.29, 0.717) is 12.5 Å². The standard InChI is InChI=1S/C20H31N3O/c1-3-18(2)21-12-11-20(24)23-16-14-22(15-17-23)13-7-10-19-8-5-4-6-9-19/h4-10,18,21H,3,11-17H2,1-2H3/b10-7+. The molecule has 1 unspecified atom stereocenters. The van der Waals surface area contributed by atoms with E-state index in [0.717, 1.165) is 45.7 Å². The Labute approximate surface area is 146 Å². The SMILES string of the molecule is CCC(C)NCCC(=O)N1CCN(C/C=C/c2ccccc2)CC1. The van der Waals surface area contributed by atoms with Crippen molar-refractivity contribution in [3.05, 3.63) is 42.0 Å². The van der Waals surface area contributed by atoms with E-state index in [4.69, 9.17) is 0 Å². The Bertz CT molecular complexity index is 507. The van der Waals surface area contributed by atoms with Crippen LogP contribution < -0.4 is 5.32 Å². The third kappa shape index (κ3) is 6.46. The Morgan fingerprint density at radius 3 is 2.58 bits per heavy atom. The Morgan fingerprint density at radius 2 is 1.92 bits per heavy atom. The van der Waals surface area contributed by atoms with Crippen molar-refractivity contribution in [1.29, 1.82) is 0 Å². The summed E-state index contributed by atoms with van der Waals surface area (Å²) in [6.45, 7) is 9.67. The van der Waals surface area contributed by atoms with Crippen LogP contribution >= 0.6 is 0 Å². The van der Waals surface area contributed by atoms with Crippen molar-refractivity contribution in [2.75, 3.05) is 39.3 Å². The minimum absolute atomic E-state index is 0.283. The molecule has 1 atom stereocenters. The Morgan fingerprint density at radius 1 is 1.21 bits per heavy atom. The van der Waals surface area contributed by atoms with E-state index in [2.05, 4.69) is 60.5 Å². The first-order chi connectivity index (χ1) is 11.7. The summed E-state index contributed by atoms with van der Waals surface area (Å²) >= 11 is 0. The number of amides is 1. The Balaban J connectivity index is 1.64. The normalized spacial score (nSPS) is 17.3. The molecule has 4 nitrogen and oxygen atoms in total. The smallest absolute Gasteiger partial charge is 0.223 e. The molecule has 0 bridgehead atoms. The van der Waals surface area contributed by atoms with Crippen molar-refractivity contribution < 1.29 is 4.79 Å². The van der Waals surface area contributed by atoms with E-state index >= 15 is 0 Å². The van der Waals surface area contributed by atoms with Crippen LogP contribution in [-0.2, 0) is 4.79 Å². The van der Waals surface area contributed by atoms with E-state index in [-0.39, 0.29) is 5.91 Å². The molecule has 1 fully saturated rings. The quantitative estimate of drug-likeness (QED) is 0.796. The minimum Gasteiger partial charge on any atom is -0.340 e. The lowest BCUT2D eigenvalue weighted by molar-refractivity contribution is -0.132. The first-order valence-corrected chi connectivity index (χ1v) is 9.14. The number of hydrogen-bond donors (Lipinski definition) is 1. The fourth-order valence-electron chi connectivity index (χ4n) is 2.81. The van der Waals surface area contributed by atoms with E-state index in [1.165, 1.54) is 5.56 Å². The monoisotopic (exact) mass is 329 g/mol. The molecule has 0 aliphatic carbocycles. The Hall–Kier alpha value is -1.65. The van der Waals surface area contributed by atoms with Gasteiger partial charge in [-0.25, -0.2) is 0 Å². The van der Waals surface area contributed by atoms with Crippen molar-refractivity contribution in [3.63, 3.8) is 0 Å². The Kier molecular flexibility index (Phi) is 7.99. The van der Waals surface area contributed by atoms with Gasteiger partial charge in [0.05, 0.1) is 0 Å². The molecule has 1 saturated heterocycles. The number of nitrogens with one attached hydrogen (secondary N) is 1. The summed E-state index contributed by atoms with van der Waals surface area (Å²) in [7, 11) is 0. The average molecular weight is 329 g/mol. The molecule has 1 aliphatic heterocycles. The van der Waals surface area contributed by atoms with Gasteiger partial charge in [-0.05, 0) is 18.9 Å². The second kappa shape index (κ2) is 10.3. The van der Waals surface area contributed by atoms with Crippen LogP contribution in [0.25, 0.3) is 6.08 Å². The first kappa shape index (κ1) is 18.7. The first-order valence-electron chi connectivity index (χ1n) is 9.14. The van der Waals surface area contributed by atoms with Crippen LogP contribution in [0.4, 0.5) is 0 Å². The second-order valence-electron chi connectivity index (χ2n) is 6.51. The van der Waals surface area contributed by atoms with E-state index in [1.807, 2.05) is 11.0 Å². The highest BCUT2D eigenvalue weighted by Gasteiger charge is 2.19. The summed E-state index contributed by atoms with van der Waals surface area (Å²) in [5.74, 6) is 0.283. The van der Waals surface area contributed by atoms with Gasteiger partial charge in [0.1, 0.15) is 0 Å². The predicted octanol–water partition coefficient (Wildman–Crippen LogP) is 2.62. The summed E-state index contributed by atoms with van der Waals surface area (Å²) in [4.78, 5) is 16.6. The third-order valence-corrected chi connectivity index (χ3v) is 4.64. The zero-order valence-electron chi connectivity index (χ0n) is 15.1. The van der Waals surface area contributed by atoms with Gasteiger partial charge in [0.15, 0.2) is 0 Å². The zero-order valence-corrected chi connectivity index (χ0v) is 15.1. The molecule has 0 saturated carbocycles. The maximum absolute atomic E-state index is 12.2. The van der Waals surface area contributed by atoms with Crippen LogP contribution in [0.3, 0.4) is 0 Å². The fourth-order valence-corrected chi connectivity index (χ4v) is 2.81. The molecule has 2 rings (SSSR count). The number of nitrogens with zero attached hydrogens (tertiary/aromatic N) is 2. The van der Waals surface area contributed by atoms with Gasteiger partial charge in [-0.2, -0.15) is 0 Å². The molecule has 4 heteroatoms. The minimum atomic E-state index is 0.283. The van der Waals surface area contributed by atoms with Crippen molar-refractivity contribution >= 4 is 12.0 Å². The molecule has 0 radical (unpaired) electrons. The number of piperazine rings is 1. The fraction of sp³-hybridized carbons (Fsp3) is 0.550. The summed E-state index contributed by atoms with van der Waals surface area (Å²) < 4.78 is 0. The number of benzene rings is 1. The second-order valence-corrected chi connectivity index (χ2v) is 6.51. The largest absolute Gasteiger partial charge is 0.340 e. The molecule has 1 aromatic rings. The molecule has 24 heavy (non-hydrogen) atoms. The van der Waals surface area contributed by atoms with E-state index in [9.17, 15) is 4.79 Å². The lowest BCUT2D eigenvalue weighted by Crippen LogP contribution is -2.49. The van der Waals surface area contributed by atoms with E-state index in [1.54, 1.807) is 0 Å². The molecule has 0 aromatic heterocycles. The van der Waals surface area contributed by atoms with Gasteiger partial charge in [0, 0.05) is 51.7 Å². The molecule has 1 N–H and O–H groups in total. The molecule has 1 aliphatic rings. The summed E-state index contributed by atoms with van der Waals surface area (Å²) in [6, 6.07) is 10.9. The van der Waals surface area contributed by atoms with Crippen molar-refractivity contribution in [1.82, 2.24) is 15.1 Å². The molecule has 1 heterocycles. The number of carbonyl (C=O) groups excluding carboxylic acids is 1. The molecular formula is C20H31N3O. The van der Waals surface area contributed by atoms with E-state index < -0.39 is 0 Å². The van der Waals surface area contributed by atoms with Gasteiger partial charge in [-0.3, -0.25) is 9.69 Å². The number of carbonyl (C=O) groups is 1. The molecule has 132 valence electrons. The van der Waals surface area contributed by atoms with Gasteiger partial charge in [0.2, 0.25) is 5.91 Å². The van der Waals surface area contributed by atoms with Crippen molar-refractivity contribution in [2.45, 2.75) is 32.7 Å². The van der Waals surface area contributed by atoms with Crippen molar-refractivity contribution in [2.24, 2.45) is 0 Å². The maximum Gasteiger partial charge on any atom is 0.223 e. The molecule has 1 aromatic carbocycles. The average Bonchev–Trinajstić information content (AvgIpc) is 2.63. The highest BCUT2D eigenvalue weighted by Crippen LogP contribution is 2.06. The van der Waals surface area contributed by atoms with Gasteiger partial charge in [-0.1, -0.05) is 49.4 Å². The van der Waals surface area contributed by atoms with Gasteiger partial charge < -0.3 is 10.2 Å². The highest BCUT2D eigenvalue weighted by molar-refractivity contribution is 5.76. The lowest BCUT2D eigenvalue weighted by Gasteiger charge is -2.34. The summed E-state index contributed by atoms with van der Waals surface area (Å²) in [5.41, 5.74) is 1.24. The van der Waals surface area contributed by atoms with Crippen LogP contribution in [0.2, 0.25) is 0 Å². The topological polar surface area (TPSA) is 35.6 Å². The van der Waals surface area contributed by atoms with Crippen LogP contribution in [0, 0.1) is 0 Å². The molecular weight excluding hydrogens is 298 g/mol. The summed E-state index contributed by atoms with van der Waals surface area (Å²) in [5, 5.41) is 3.39. The van der Waals surface area contributed by atoms with Crippen LogP contribution in [0.15, 0.2) is 36.4 Å². The van der Waals surface area contributed by atoms with Gasteiger partial charge >= 0.3 is 0 Å². The highest BCUT2D eigenvalue weighted by atomic mass is 16.2. The van der Waals surface area contributed by atoms with Crippen LogP contribution in [0.5, 0.6) is 0 Å².